The third-order valence-electron chi connectivity index (χ3n) is 5.03. The third kappa shape index (κ3) is 5.15. The van der Waals surface area contributed by atoms with E-state index in [1.165, 1.54) is 23.1 Å². The zero-order valence-electron chi connectivity index (χ0n) is 17.9. The molecule has 8 heteroatoms. The Balaban J connectivity index is 1.97. The molecule has 0 unspecified atom stereocenters. The second kappa shape index (κ2) is 9.65. The number of nitrogens with zero attached hydrogens (tertiary/aromatic N) is 1. The van der Waals surface area contributed by atoms with E-state index in [0.29, 0.717) is 24.3 Å². The van der Waals surface area contributed by atoms with Crippen LogP contribution < -0.4 is 10.5 Å². The Bertz CT molecular complexity index is 1280. The Morgan fingerprint density at radius 1 is 0.938 bits per heavy atom. The molecular formula is C24H25N3O4S. The summed E-state index contributed by atoms with van der Waals surface area (Å²) in [5.74, 6) is -1.55. The first-order chi connectivity index (χ1) is 15.2. The fraction of sp³-hybridized carbons (Fsp3) is 0.167. The lowest BCUT2D eigenvalue weighted by Crippen LogP contribution is -2.39. The minimum Gasteiger partial charge on any atom is -0.399 e. The molecule has 32 heavy (non-hydrogen) atoms. The van der Waals surface area contributed by atoms with Crippen LogP contribution in [-0.2, 0) is 19.6 Å². The van der Waals surface area contributed by atoms with Crippen molar-refractivity contribution in [3.63, 3.8) is 0 Å². The summed E-state index contributed by atoms with van der Waals surface area (Å²) in [4.78, 5) is 27.4. The molecular weight excluding hydrogens is 426 g/mol. The van der Waals surface area contributed by atoms with Crippen LogP contribution in [0, 0.1) is 0 Å². The number of hydrogen-bond acceptors (Lipinski definition) is 5. The van der Waals surface area contributed by atoms with Crippen LogP contribution in [0.15, 0.2) is 77.2 Å². The molecule has 0 atom stereocenters. The molecule has 0 aliphatic heterocycles. The third-order valence-corrected chi connectivity index (χ3v) is 6.36. The number of carbonyl (C=O) groups excluding carboxylic acids is 2. The number of sulfonamides is 1. The molecule has 2 amide bonds. The molecule has 0 aliphatic rings. The molecule has 3 aromatic carbocycles. The molecule has 3 rings (SSSR count). The highest BCUT2D eigenvalue weighted by Gasteiger charge is 2.27. The lowest BCUT2D eigenvalue weighted by Gasteiger charge is -2.20. The van der Waals surface area contributed by atoms with Crippen molar-refractivity contribution in [1.29, 1.82) is 0 Å². The van der Waals surface area contributed by atoms with Gasteiger partial charge in [-0.1, -0.05) is 42.5 Å². The zero-order chi connectivity index (χ0) is 23.3. The number of nitrogens with one attached hydrogen (secondary N) is 1. The molecule has 0 saturated heterocycles. The van der Waals surface area contributed by atoms with Crippen molar-refractivity contribution in [2.45, 2.75) is 18.7 Å². The van der Waals surface area contributed by atoms with Gasteiger partial charge in [0.05, 0.1) is 4.90 Å². The van der Waals surface area contributed by atoms with E-state index < -0.39 is 21.8 Å². The Morgan fingerprint density at radius 2 is 1.56 bits per heavy atom. The molecule has 3 aromatic rings. The standard InChI is InChI=1S/C24H25N3O4S/c1-3-27(4-2)24(29)22(15-17-9-12-20(25)13-10-17)23(28)26-32(30,31)21-14-11-18-7-5-6-8-19(18)16-21/h5-16H,3-4,25H2,1-2H3,(H,26,28)/b22-15+. The number of carbonyl (C=O) groups is 2. The van der Waals surface area contributed by atoms with Crippen molar-refractivity contribution in [1.82, 2.24) is 9.62 Å². The number of rotatable bonds is 7. The number of anilines is 1. The molecule has 0 bridgehead atoms. The van der Waals surface area contributed by atoms with Gasteiger partial charge in [0, 0.05) is 18.8 Å². The number of nitrogens with two attached hydrogens (primary N) is 1. The SMILES string of the molecule is CCN(CC)C(=O)/C(=C/c1ccc(N)cc1)C(=O)NS(=O)(=O)c1ccc2ccccc2c1. The van der Waals surface area contributed by atoms with E-state index in [4.69, 9.17) is 5.73 Å². The fourth-order valence-corrected chi connectivity index (χ4v) is 4.24. The molecule has 166 valence electrons. The van der Waals surface area contributed by atoms with E-state index in [9.17, 15) is 18.0 Å². The largest absolute Gasteiger partial charge is 0.399 e. The molecule has 0 radical (unpaired) electrons. The minimum absolute atomic E-state index is 0.0633. The topological polar surface area (TPSA) is 110 Å². The van der Waals surface area contributed by atoms with Gasteiger partial charge in [0.1, 0.15) is 5.57 Å². The van der Waals surface area contributed by atoms with Gasteiger partial charge < -0.3 is 10.6 Å². The van der Waals surface area contributed by atoms with E-state index in [2.05, 4.69) is 0 Å². The average molecular weight is 452 g/mol. The van der Waals surface area contributed by atoms with Crippen molar-refractivity contribution in [2.75, 3.05) is 18.8 Å². The Hall–Kier alpha value is -3.65. The maximum Gasteiger partial charge on any atom is 0.270 e. The smallest absolute Gasteiger partial charge is 0.270 e. The van der Waals surface area contributed by atoms with Gasteiger partial charge in [0.15, 0.2) is 0 Å². The highest BCUT2D eigenvalue weighted by atomic mass is 32.2. The number of hydrogen-bond donors (Lipinski definition) is 2. The van der Waals surface area contributed by atoms with Crippen LogP contribution in [0.4, 0.5) is 5.69 Å². The van der Waals surface area contributed by atoms with Crippen LogP contribution in [-0.4, -0.2) is 38.2 Å². The number of amides is 2. The summed E-state index contributed by atoms with van der Waals surface area (Å²) >= 11 is 0. The predicted octanol–water partition coefficient (Wildman–Crippen LogP) is 3.18. The molecule has 0 aromatic heterocycles. The molecule has 7 nitrogen and oxygen atoms in total. The normalized spacial score (nSPS) is 11.9. The van der Waals surface area contributed by atoms with Crippen molar-refractivity contribution in [3.05, 3.63) is 77.9 Å². The first kappa shape index (κ1) is 23.0. The van der Waals surface area contributed by atoms with Crippen LogP contribution in [0.3, 0.4) is 0 Å². The summed E-state index contributed by atoms with van der Waals surface area (Å²) in [7, 11) is -4.20. The second-order valence-electron chi connectivity index (χ2n) is 7.15. The summed E-state index contributed by atoms with van der Waals surface area (Å²) in [6.45, 7) is 4.32. The van der Waals surface area contributed by atoms with Gasteiger partial charge in [-0.05, 0) is 60.5 Å². The predicted molar refractivity (Wildman–Crippen MR) is 126 cm³/mol. The minimum atomic E-state index is -4.20. The molecule has 0 fully saturated rings. The number of benzene rings is 3. The van der Waals surface area contributed by atoms with E-state index in [1.807, 2.05) is 16.9 Å². The Morgan fingerprint density at radius 3 is 2.19 bits per heavy atom. The summed E-state index contributed by atoms with van der Waals surface area (Å²) in [5.41, 5.74) is 6.50. The lowest BCUT2D eigenvalue weighted by atomic mass is 10.1. The highest BCUT2D eigenvalue weighted by Crippen LogP contribution is 2.20. The van der Waals surface area contributed by atoms with Gasteiger partial charge in [-0.3, -0.25) is 9.59 Å². The Labute approximate surface area is 187 Å². The zero-order valence-corrected chi connectivity index (χ0v) is 18.7. The monoisotopic (exact) mass is 451 g/mol. The van der Waals surface area contributed by atoms with Crippen LogP contribution in [0.2, 0.25) is 0 Å². The summed E-state index contributed by atoms with van der Waals surface area (Å²) in [5, 5.41) is 1.60. The number of fused-ring (bicyclic) bond motifs is 1. The maximum atomic E-state index is 13.0. The molecule has 0 spiro atoms. The summed E-state index contributed by atoms with van der Waals surface area (Å²) in [6.07, 6.45) is 1.37. The highest BCUT2D eigenvalue weighted by molar-refractivity contribution is 7.90. The van der Waals surface area contributed by atoms with Crippen LogP contribution in [0.5, 0.6) is 0 Å². The van der Waals surface area contributed by atoms with Gasteiger partial charge >= 0.3 is 0 Å². The molecule has 0 heterocycles. The van der Waals surface area contributed by atoms with Crippen LogP contribution in [0.25, 0.3) is 16.8 Å². The van der Waals surface area contributed by atoms with Gasteiger partial charge in [-0.25, -0.2) is 13.1 Å². The molecule has 0 saturated carbocycles. The first-order valence-corrected chi connectivity index (χ1v) is 11.7. The van der Waals surface area contributed by atoms with Crippen molar-refractivity contribution in [2.24, 2.45) is 0 Å². The van der Waals surface area contributed by atoms with Crippen molar-refractivity contribution in [3.8, 4) is 0 Å². The van der Waals surface area contributed by atoms with E-state index in [0.717, 1.165) is 10.8 Å². The van der Waals surface area contributed by atoms with E-state index in [1.54, 1.807) is 56.3 Å². The molecule has 3 N–H and O–H groups in total. The fourth-order valence-electron chi connectivity index (χ4n) is 3.23. The van der Waals surface area contributed by atoms with Crippen molar-refractivity contribution < 1.29 is 18.0 Å². The maximum absolute atomic E-state index is 13.0. The summed E-state index contributed by atoms with van der Waals surface area (Å²) < 4.78 is 27.9. The molecule has 0 aliphatic carbocycles. The van der Waals surface area contributed by atoms with Gasteiger partial charge in [-0.2, -0.15) is 0 Å². The Kier molecular flexibility index (Phi) is 6.95. The second-order valence-corrected chi connectivity index (χ2v) is 8.83. The average Bonchev–Trinajstić information content (AvgIpc) is 2.78. The van der Waals surface area contributed by atoms with Crippen LogP contribution >= 0.6 is 0 Å². The number of likely N-dealkylation sites (N-methyl/N-ethyl adjacent to an activating group) is 1. The van der Waals surface area contributed by atoms with Gasteiger partial charge in [0.25, 0.3) is 21.8 Å². The quantitative estimate of drug-likeness (QED) is 0.248. The van der Waals surface area contributed by atoms with E-state index in [-0.39, 0.29) is 10.5 Å². The van der Waals surface area contributed by atoms with Crippen molar-refractivity contribution >= 4 is 44.4 Å². The van der Waals surface area contributed by atoms with Crippen LogP contribution in [0.1, 0.15) is 19.4 Å². The summed E-state index contributed by atoms with van der Waals surface area (Å²) in [6, 6.07) is 18.4. The first-order valence-electron chi connectivity index (χ1n) is 10.2. The van der Waals surface area contributed by atoms with Gasteiger partial charge in [0.2, 0.25) is 0 Å². The van der Waals surface area contributed by atoms with Gasteiger partial charge in [-0.15, -0.1) is 0 Å². The number of nitrogen functional groups attached to an aromatic ring is 1. The lowest BCUT2D eigenvalue weighted by molar-refractivity contribution is -0.129. The van der Waals surface area contributed by atoms with E-state index >= 15 is 0 Å².